The Bertz CT molecular complexity index is 558. The molecule has 1 saturated heterocycles. The van der Waals surface area contributed by atoms with Crippen molar-refractivity contribution in [2.24, 2.45) is 17.3 Å². The van der Waals surface area contributed by atoms with Crippen LogP contribution in [0.25, 0.3) is 0 Å². The second kappa shape index (κ2) is 8.44. The van der Waals surface area contributed by atoms with Crippen LogP contribution in [-0.2, 0) is 0 Å². The van der Waals surface area contributed by atoms with Crippen molar-refractivity contribution in [1.82, 2.24) is 10.2 Å². The van der Waals surface area contributed by atoms with Crippen LogP contribution in [0.1, 0.15) is 83.4 Å². The first-order chi connectivity index (χ1) is 12.4. The van der Waals surface area contributed by atoms with E-state index in [1.165, 1.54) is 38.8 Å². The maximum absolute atomic E-state index is 3.52. The molecule has 1 aromatic carbocycles. The van der Waals surface area contributed by atoms with Crippen LogP contribution in [0.2, 0.25) is 0 Å². The van der Waals surface area contributed by atoms with Crippen molar-refractivity contribution < 1.29 is 0 Å². The lowest BCUT2D eigenvalue weighted by Crippen LogP contribution is -2.46. The Morgan fingerprint density at radius 1 is 0.962 bits per heavy atom. The van der Waals surface area contributed by atoms with Crippen LogP contribution in [0.15, 0.2) is 24.3 Å². The number of nitrogens with one attached hydrogen (secondary N) is 1. The van der Waals surface area contributed by atoms with E-state index in [1.54, 1.807) is 11.1 Å². The minimum atomic E-state index is 0.464. The van der Waals surface area contributed by atoms with Gasteiger partial charge < -0.3 is 5.32 Å². The molecule has 1 unspecified atom stereocenters. The summed E-state index contributed by atoms with van der Waals surface area (Å²) >= 11 is 0. The monoisotopic (exact) mass is 356 g/mol. The van der Waals surface area contributed by atoms with E-state index in [2.05, 4.69) is 69.1 Å². The smallest absolute Gasteiger partial charge is 0.0374 e. The molecule has 1 atom stereocenters. The topological polar surface area (TPSA) is 15.3 Å². The molecule has 1 heterocycles. The molecule has 2 fully saturated rings. The fourth-order valence-electron chi connectivity index (χ4n) is 5.36. The zero-order chi connectivity index (χ0) is 18.7. The van der Waals surface area contributed by atoms with Crippen molar-refractivity contribution in [3.8, 4) is 0 Å². The summed E-state index contributed by atoms with van der Waals surface area (Å²) in [7, 11) is 0. The van der Waals surface area contributed by atoms with E-state index in [4.69, 9.17) is 0 Å². The number of rotatable bonds is 4. The minimum Gasteiger partial charge on any atom is -0.314 e. The van der Waals surface area contributed by atoms with Crippen LogP contribution < -0.4 is 5.32 Å². The first kappa shape index (κ1) is 19.9. The lowest BCUT2D eigenvalue weighted by Gasteiger charge is -2.41. The van der Waals surface area contributed by atoms with Crippen LogP contribution in [0.5, 0.6) is 0 Å². The fraction of sp³-hybridized carbons (Fsp3) is 0.750. The summed E-state index contributed by atoms with van der Waals surface area (Å²) in [5.74, 6) is 2.30. The van der Waals surface area contributed by atoms with Gasteiger partial charge in [-0.3, -0.25) is 4.90 Å². The molecular weight excluding hydrogens is 316 g/mol. The lowest BCUT2D eigenvalue weighted by molar-refractivity contribution is 0.134. The highest BCUT2D eigenvalue weighted by molar-refractivity contribution is 5.34. The van der Waals surface area contributed by atoms with Gasteiger partial charge in [0.2, 0.25) is 0 Å². The quantitative estimate of drug-likeness (QED) is 0.754. The largest absolute Gasteiger partial charge is 0.314 e. The molecule has 1 aromatic rings. The molecule has 26 heavy (non-hydrogen) atoms. The number of hydrogen-bond donors (Lipinski definition) is 1. The molecule has 2 nitrogen and oxygen atoms in total. The summed E-state index contributed by atoms with van der Waals surface area (Å²) in [5, 5.41) is 3.52. The summed E-state index contributed by atoms with van der Waals surface area (Å²) in [4.78, 5) is 2.72. The molecule has 1 aliphatic heterocycles. The Morgan fingerprint density at radius 2 is 1.58 bits per heavy atom. The standard InChI is InChI=1S/C24H40N2/c1-18(2)23(26-16-14-25-15-17-26)22-9-7-6-8-21(22)19-10-12-20(13-11-19)24(3,4)5/h6-9,18-20,23,25H,10-17H2,1-5H3. The van der Waals surface area contributed by atoms with Crippen LogP contribution in [0, 0.1) is 17.3 Å². The van der Waals surface area contributed by atoms with Gasteiger partial charge in [0, 0.05) is 32.2 Å². The highest BCUT2D eigenvalue weighted by atomic mass is 15.2. The molecule has 3 rings (SSSR count). The van der Waals surface area contributed by atoms with Crippen molar-refractivity contribution in [3.63, 3.8) is 0 Å². The molecule has 146 valence electrons. The average Bonchev–Trinajstić information content (AvgIpc) is 2.62. The Morgan fingerprint density at radius 3 is 2.15 bits per heavy atom. The number of piperazine rings is 1. The van der Waals surface area contributed by atoms with Crippen molar-refractivity contribution in [2.75, 3.05) is 26.2 Å². The third-order valence-corrected chi connectivity index (χ3v) is 6.88. The van der Waals surface area contributed by atoms with Crippen LogP contribution in [-0.4, -0.2) is 31.1 Å². The predicted molar refractivity (Wildman–Crippen MR) is 113 cm³/mol. The molecule has 1 aliphatic carbocycles. The molecule has 0 radical (unpaired) electrons. The zero-order valence-electron chi connectivity index (χ0n) is 17.7. The van der Waals surface area contributed by atoms with Gasteiger partial charge in [0.25, 0.3) is 0 Å². The molecule has 1 saturated carbocycles. The summed E-state index contributed by atoms with van der Waals surface area (Å²) in [6.07, 6.45) is 5.52. The van der Waals surface area contributed by atoms with E-state index >= 15 is 0 Å². The van der Waals surface area contributed by atoms with Gasteiger partial charge in [-0.2, -0.15) is 0 Å². The van der Waals surface area contributed by atoms with Gasteiger partial charge in [-0.15, -0.1) is 0 Å². The maximum Gasteiger partial charge on any atom is 0.0374 e. The first-order valence-electron chi connectivity index (χ1n) is 10.9. The van der Waals surface area contributed by atoms with Gasteiger partial charge in [0.05, 0.1) is 0 Å². The van der Waals surface area contributed by atoms with E-state index in [0.717, 1.165) is 24.9 Å². The van der Waals surface area contributed by atoms with E-state index in [-0.39, 0.29) is 0 Å². The van der Waals surface area contributed by atoms with E-state index < -0.39 is 0 Å². The average molecular weight is 357 g/mol. The molecular formula is C24H40N2. The van der Waals surface area contributed by atoms with E-state index in [9.17, 15) is 0 Å². The van der Waals surface area contributed by atoms with Gasteiger partial charge in [0.1, 0.15) is 0 Å². The van der Waals surface area contributed by atoms with E-state index in [0.29, 0.717) is 17.4 Å². The summed E-state index contributed by atoms with van der Waals surface area (Å²) in [5.41, 5.74) is 3.73. The normalized spacial score (nSPS) is 26.8. The third-order valence-electron chi connectivity index (χ3n) is 6.88. The molecule has 0 bridgehead atoms. The maximum atomic E-state index is 3.52. The van der Waals surface area contributed by atoms with Gasteiger partial charge >= 0.3 is 0 Å². The highest BCUT2D eigenvalue weighted by Crippen LogP contribution is 2.45. The molecule has 2 aliphatic rings. The van der Waals surface area contributed by atoms with Crippen molar-refractivity contribution >= 4 is 0 Å². The van der Waals surface area contributed by atoms with E-state index in [1.807, 2.05) is 0 Å². The SMILES string of the molecule is CC(C)C(c1ccccc1C1CCC(C(C)(C)C)CC1)N1CCNCC1. The zero-order valence-corrected chi connectivity index (χ0v) is 17.7. The summed E-state index contributed by atoms with van der Waals surface area (Å²) in [6.45, 7) is 16.7. The molecule has 1 N–H and O–H groups in total. The van der Waals surface area contributed by atoms with Crippen molar-refractivity contribution in [3.05, 3.63) is 35.4 Å². The van der Waals surface area contributed by atoms with Crippen molar-refractivity contribution in [1.29, 1.82) is 0 Å². The van der Waals surface area contributed by atoms with Gasteiger partial charge in [-0.25, -0.2) is 0 Å². The van der Waals surface area contributed by atoms with Gasteiger partial charge in [-0.05, 0) is 60.0 Å². The first-order valence-corrected chi connectivity index (χ1v) is 10.9. The Kier molecular flexibility index (Phi) is 6.45. The Labute approximate surface area is 161 Å². The van der Waals surface area contributed by atoms with Crippen LogP contribution in [0.3, 0.4) is 0 Å². The third kappa shape index (κ3) is 4.51. The Hall–Kier alpha value is -0.860. The highest BCUT2D eigenvalue weighted by Gasteiger charge is 2.33. The van der Waals surface area contributed by atoms with Gasteiger partial charge in [0.15, 0.2) is 0 Å². The minimum absolute atomic E-state index is 0.464. The molecule has 0 aromatic heterocycles. The van der Waals surface area contributed by atoms with Crippen LogP contribution in [0.4, 0.5) is 0 Å². The van der Waals surface area contributed by atoms with Crippen molar-refractivity contribution in [2.45, 2.75) is 72.3 Å². The predicted octanol–water partition coefficient (Wildman–Crippen LogP) is 5.61. The lowest BCUT2D eigenvalue weighted by atomic mass is 9.68. The molecule has 2 heteroatoms. The second-order valence-electron chi connectivity index (χ2n) is 10.0. The summed E-state index contributed by atoms with van der Waals surface area (Å²) in [6, 6.07) is 9.96. The number of hydrogen-bond acceptors (Lipinski definition) is 2. The number of benzene rings is 1. The Balaban J connectivity index is 1.81. The fourth-order valence-corrected chi connectivity index (χ4v) is 5.36. The van der Waals surface area contributed by atoms with Gasteiger partial charge in [-0.1, -0.05) is 58.9 Å². The molecule has 0 spiro atoms. The summed E-state index contributed by atoms with van der Waals surface area (Å²) < 4.78 is 0. The second-order valence-corrected chi connectivity index (χ2v) is 10.0. The molecule has 0 amide bonds. The van der Waals surface area contributed by atoms with Crippen LogP contribution >= 0.6 is 0 Å². The number of nitrogens with zero attached hydrogens (tertiary/aromatic N) is 1.